The molecule has 1 aromatic heterocycles. The lowest BCUT2D eigenvalue weighted by molar-refractivity contribution is 0.511. The first kappa shape index (κ1) is 11.2. The van der Waals surface area contributed by atoms with E-state index in [9.17, 15) is 4.79 Å². The minimum atomic E-state index is -0.321. The molecule has 18 heavy (non-hydrogen) atoms. The Morgan fingerprint density at radius 2 is 2.06 bits per heavy atom. The van der Waals surface area contributed by atoms with Crippen LogP contribution in [0.15, 0.2) is 38.5 Å². The molecule has 92 valence electrons. The van der Waals surface area contributed by atoms with E-state index in [4.69, 9.17) is 9.41 Å². The highest BCUT2D eigenvalue weighted by molar-refractivity contribution is 5.76. The summed E-state index contributed by atoms with van der Waals surface area (Å²) < 4.78 is 5.21. The second-order valence-electron chi connectivity index (χ2n) is 5.54. The van der Waals surface area contributed by atoms with Gasteiger partial charge in [-0.2, -0.15) is 0 Å². The molecular weight excluding hydrogens is 226 g/mol. The summed E-state index contributed by atoms with van der Waals surface area (Å²) in [4.78, 5) is 16.0. The van der Waals surface area contributed by atoms with E-state index in [-0.39, 0.29) is 11.2 Å². The van der Waals surface area contributed by atoms with Crippen LogP contribution in [0, 0.1) is 0 Å². The first-order valence-corrected chi connectivity index (χ1v) is 6.08. The van der Waals surface area contributed by atoms with E-state index >= 15 is 0 Å². The molecule has 0 fully saturated rings. The van der Waals surface area contributed by atoms with Gasteiger partial charge in [-0.25, -0.2) is 4.79 Å². The summed E-state index contributed by atoms with van der Waals surface area (Å²) in [5.74, 6) is 0. The van der Waals surface area contributed by atoms with Gasteiger partial charge < -0.3 is 4.42 Å². The van der Waals surface area contributed by atoms with Crippen molar-refractivity contribution in [3.8, 4) is 0 Å². The smallest absolute Gasteiger partial charge is 0.336 e. The van der Waals surface area contributed by atoms with Crippen molar-refractivity contribution in [2.45, 2.75) is 32.7 Å². The third-order valence-electron chi connectivity index (χ3n) is 3.32. The van der Waals surface area contributed by atoms with Crippen LogP contribution in [0.4, 0.5) is 0 Å². The Labute approximate surface area is 104 Å². The average Bonchev–Trinajstić information content (AvgIpc) is 2.25. The molecule has 0 amide bonds. The van der Waals surface area contributed by atoms with Gasteiger partial charge in [0.05, 0.1) is 10.9 Å². The Hall–Kier alpha value is -1.90. The van der Waals surface area contributed by atoms with Crippen LogP contribution in [0.2, 0.25) is 0 Å². The maximum Gasteiger partial charge on any atom is 0.336 e. The highest BCUT2D eigenvalue weighted by Crippen LogP contribution is 2.21. The Balaban J connectivity index is 2.49. The topological polar surface area (TPSA) is 42.6 Å². The fourth-order valence-electron chi connectivity index (χ4n) is 2.65. The second kappa shape index (κ2) is 3.55. The Bertz CT molecular complexity index is 812. The van der Waals surface area contributed by atoms with E-state index in [1.54, 1.807) is 6.07 Å². The van der Waals surface area contributed by atoms with Crippen LogP contribution in [-0.4, -0.2) is 5.54 Å². The zero-order valence-corrected chi connectivity index (χ0v) is 10.8. The van der Waals surface area contributed by atoms with E-state index < -0.39 is 0 Å². The second-order valence-corrected chi connectivity index (χ2v) is 5.54. The van der Waals surface area contributed by atoms with E-state index in [2.05, 4.69) is 26.8 Å². The molecule has 0 saturated heterocycles. The summed E-state index contributed by atoms with van der Waals surface area (Å²) in [6, 6.07) is 7.18. The minimum Gasteiger partial charge on any atom is -0.423 e. The highest BCUT2D eigenvalue weighted by Gasteiger charge is 2.20. The number of hydrogen-bond donors (Lipinski definition) is 0. The van der Waals surface area contributed by atoms with Crippen LogP contribution in [-0.2, 0) is 0 Å². The maximum absolute atomic E-state index is 11.2. The van der Waals surface area contributed by atoms with E-state index in [0.29, 0.717) is 5.58 Å². The molecule has 3 heteroatoms. The predicted octanol–water partition coefficient (Wildman–Crippen LogP) is 1.77. The molecule has 1 aliphatic rings. The molecule has 0 bridgehead atoms. The molecule has 1 aromatic carbocycles. The van der Waals surface area contributed by atoms with Gasteiger partial charge >= 0.3 is 5.63 Å². The van der Waals surface area contributed by atoms with Gasteiger partial charge in [0, 0.05) is 17.5 Å². The molecule has 0 saturated carbocycles. The van der Waals surface area contributed by atoms with Crippen molar-refractivity contribution in [1.29, 1.82) is 0 Å². The monoisotopic (exact) mass is 241 g/mol. The van der Waals surface area contributed by atoms with Gasteiger partial charge in [-0.1, -0.05) is 5.57 Å². The summed E-state index contributed by atoms with van der Waals surface area (Å²) in [5, 5.41) is 3.03. The lowest BCUT2D eigenvalue weighted by atomic mass is 9.92. The fourth-order valence-corrected chi connectivity index (χ4v) is 2.65. The van der Waals surface area contributed by atoms with Gasteiger partial charge in [0.15, 0.2) is 0 Å². The predicted molar refractivity (Wildman–Crippen MR) is 71.0 cm³/mol. The highest BCUT2D eigenvalue weighted by atomic mass is 16.4. The van der Waals surface area contributed by atoms with Gasteiger partial charge in [0.1, 0.15) is 5.58 Å². The Kier molecular flexibility index (Phi) is 2.21. The first-order chi connectivity index (χ1) is 8.44. The average molecular weight is 241 g/mol. The molecule has 0 atom stereocenters. The number of fused-ring (bicyclic) bond motifs is 2. The van der Waals surface area contributed by atoms with Crippen molar-refractivity contribution in [3.63, 3.8) is 0 Å². The SMILES string of the molecule is CC1=c2cc3ccc(=O)oc3cc2=NC(C)(C)C1. The van der Waals surface area contributed by atoms with Gasteiger partial charge in [-0.05, 0) is 44.5 Å². The number of nitrogens with zero attached hydrogens (tertiary/aromatic N) is 1. The van der Waals surface area contributed by atoms with Crippen molar-refractivity contribution in [3.05, 3.63) is 45.3 Å². The van der Waals surface area contributed by atoms with Gasteiger partial charge in [-0.15, -0.1) is 0 Å². The van der Waals surface area contributed by atoms with Gasteiger partial charge in [-0.3, -0.25) is 4.99 Å². The Morgan fingerprint density at radius 1 is 1.28 bits per heavy atom. The lowest BCUT2D eigenvalue weighted by Crippen LogP contribution is -2.37. The van der Waals surface area contributed by atoms with Crippen molar-refractivity contribution in [2.75, 3.05) is 0 Å². The molecule has 0 radical (unpaired) electrons. The molecule has 0 spiro atoms. The minimum absolute atomic E-state index is 0.0835. The van der Waals surface area contributed by atoms with Crippen LogP contribution in [0.5, 0.6) is 0 Å². The molecule has 3 nitrogen and oxygen atoms in total. The molecule has 2 aromatic rings. The third-order valence-corrected chi connectivity index (χ3v) is 3.32. The van der Waals surface area contributed by atoms with Crippen molar-refractivity contribution in [1.82, 2.24) is 0 Å². The molecule has 0 N–H and O–H groups in total. The summed E-state index contributed by atoms with van der Waals surface area (Å²) >= 11 is 0. The maximum atomic E-state index is 11.2. The van der Waals surface area contributed by atoms with E-state index in [0.717, 1.165) is 22.4 Å². The first-order valence-electron chi connectivity index (χ1n) is 6.08. The van der Waals surface area contributed by atoms with Crippen LogP contribution >= 0.6 is 0 Å². The number of rotatable bonds is 0. The standard InChI is InChI=1S/C15H15NO2/c1-9-8-15(2,3)16-12-7-13-10(6-11(9)12)4-5-14(17)18-13/h4-7H,8H2,1-3H3. The molecule has 1 aliphatic heterocycles. The van der Waals surface area contributed by atoms with Gasteiger partial charge in [0.25, 0.3) is 0 Å². The largest absolute Gasteiger partial charge is 0.423 e. The molecule has 0 unspecified atom stereocenters. The molecule has 2 heterocycles. The molecule has 3 rings (SSSR count). The lowest BCUT2D eigenvalue weighted by Gasteiger charge is -2.23. The normalized spacial score (nSPS) is 17.4. The molecular formula is C15H15NO2. The van der Waals surface area contributed by atoms with Crippen LogP contribution in [0.1, 0.15) is 27.2 Å². The molecule has 0 aliphatic carbocycles. The summed E-state index contributed by atoms with van der Waals surface area (Å²) in [6.45, 7) is 6.37. The third kappa shape index (κ3) is 1.76. The summed E-state index contributed by atoms with van der Waals surface area (Å²) in [7, 11) is 0. The Morgan fingerprint density at radius 3 is 2.83 bits per heavy atom. The van der Waals surface area contributed by atoms with Crippen molar-refractivity contribution >= 4 is 16.5 Å². The fraction of sp³-hybridized carbons (Fsp3) is 0.333. The number of hydrogen-bond acceptors (Lipinski definition) is 3. The van der Waals surface area contributed by atoms with Crippen molar-refractivity contribution < 1.29 is 4.42 Å². The van der Waals surface area contributed by atoms with Crippen molar-refractivity contribution in [2.24, 2.45) is 4.99 Å². The summed E-state index contributed by atoms with van der Waals surface area (Å²) in [5.41, 5.74) is 1.53. The van der Waals surface area contributed by atoms with E-state index in [1.165, 1.54) is 11.6 Å². The van der Waals surface area contributed by atoms with E-state index in [1.807, 2.05) is 6.07 Å². The van der Waals surface area contributed by atoms with Gasteiger partial charge in [0.2, 0.25) is 0 Å². The zero-order chi connectivity index (χ0) is 12.9. The summed E-state index contributed by atoms with van der Waals surface area (Å²) in [6.07, 6.45) is 0.961. The van der Waals surface area contributed by atoms with Crippen LogP contribution in [0.3, 0.4) is 0 Å². The zero-order valence-electron chi connectivity index (χ0n) is 10.8. The van der Waals surface area contributed by atoms with Crippen LogP contribution < -0.4 is 16.2 Å². The number of benzene rings is 1. The van der Waals surface area contributed by atoms with Crippen LogP contribution in [0.25, 0.3) is 16.5 Å². The quantitative estimate of drug-likeness (QED) is 0.660.